The van der Waals surface area contributed by atoms with Crippen molar-refractivity contribution in [1.29, 1.82) is 0 Å². The number of likely N-dealkylation sites (N-methyl/N-ethyl adjacent to an activating group) is 1. The molecule has 0 aliphatic rings. The standard InChI is InChI=1S/C7H17NO.C2H4O2/c1-5-9-6-7(2)8(3)4;1-2(3)4/h7H,5-6H2,1-4H3;1H3,(H,3,4). The van der Waals surface area contributed by atoms with Gasteiger partial charge in [-0.1, -0.05) is 0 Å². The molecule has 0 amide bonds. The molecule has 0 radical (unpaired) electrons. The van der Waals surface area contributed by atoms with Gasteiger partial charge in [-0.3, -0.25) is 4.79 Å². The van der Waals surface area contributed by atoms with Crippen LogP contribution in [-0.4, -0.2) is 49.3 Å². The van der Waals surface area contributed by atoms with Gasteiger partial charge in [0.2, 0.25) is 0 Å². The summed E-state index contributed by atoms with van der Waals surface area (Å²) in [6.45, 7) is 6.90. The number of hydrogen-bond acceptors (Lipinski definition) is 3. The molecule has 0 aliphatic heterocycles. The van der Waals surface area contributed by atoms with Crippen molar-refractivity contribution < 1.29 is 14.6 Å². The van der Waals surface area contributed by atoms with E-state index in [9.17, 15) is 0 Å². The molecule has 0 saturated carbocycles. The Morgan fingerprint density at radius 3 is 2.15 bits per heavy atom. The number of nitrogens with zero attached hydrogens (tertiary/aromatic N) is 1. The summed E-state index contributed by atoms with van der Waals surface area (Å²) in [6, 6.07) is 0.532. The molecule has 0 aromatic heterocycles. The monoisotopic (exact) mass is 191 g/mol. The molecule has 0 fully saturated rings. The van der Waals surface area contributed by atoms with E-state index >= 15 is 0 Å². The first-order valence-electron chi connectivity index (χ1n) is 4.35. The maximum absolute atomic E-state index is 9.00. The van der Waals surface area contributed by atoms with E-state index in [0.29, 0.717) is 6.04 Å². The van der Waals surface area contributed by atoms with Crippen LogP contribution >= 0.6 is 0 Å². The van der Waals surface area contributed by atoms with Crippen LogP contribution in [0, 0.1) is 0 Å². The minimum atomic E-state index is -0.833. The molecule has 0 aromatic rings. The number of aliphatic carboxylic acids is 1. The molecule has 4 nitrogen and oxygen atoms in total. The van der Waals surface area contributed by atoms with Crippen LogP contribution in [0.4, 0.5) is 0 Å². The van der Waals surface area contributed by atoms with Crippen LogP contribution in [0.2, 0.25) is 0 Å². The summed E-state index contributed by atoms with van der Waals surface area (Å²) >= 11 is 0. The lowest BCUT2D eigenvalue weighted by Gasteiger charge is -2.18. The molecule has 0 heterocycles. The van der Waals surface area contributed by atoms with Gasteiger partial charge in [0.1, 0.15) is 0 Å². The van der Waals surface area contributed by atoms with Gasteiger partial charge in [-0.2, -0.15) is 0 Å². The molecule has 0 spiro atoms. The van der Waals surface area contributed by atoms with Crippen molar-refractivity contribution in [1.82, 2.24) is 4.90 Å². The lowest BCUT2D eigenvalue weighted by atomic mass is 10.3. The van der Waals surface area contributed by atoms with E-state index in [0.717, 1.165) is 20.1 Å². The van der Waals surface area contributed by atoms with Crippen LogP contribution in [0.1, 0.15) is 20.8 Å². The summed E-state index contributed by atoms with van der Waals surface area (Å²) in [6.07, 6.45) is 0. The largest absolute Gasteiger partial charge is 0.481 e. The fourth-order valence-electron chi connectivity index (χ4n) is 0.437. The van der Waals surface area contributed by atoms with Crippen LogP contribution in [-0.2, 0) is 9.53 Å². The van der Waals surface area contributed by atoms with Crippen molar-refractivity contribution in [3.05, 3.63) is 0 Å². The van der Waals surface area contributed by atoms with Gasteiger partial charge in [0.15, 0.2) is 0 Å². The first-order valence-corrected chi connectivity index (χ1v) is 4.35. The third kappa shape index (κ3) is 18.4. The summed E-state index contributed by atoms with van der Waals surface area (Å²) < 4.78 is 5.21. The lowest BCUT2D eigenvalue weighted by molar-refractivity contribution is -0.134. The average Bonchev–Trinajstić information content (AvgIpc) is 1.98. The zero-order valence-corrected chi connectivity index (χ0v) is 9.20. The SMILES string of the molecule is CC(=O)O.CCOCC(C)N(C)C. The molecule has 4 heteroatoms. The fourth-order valence-corrected chi connectivity index (χ4v) is 0.437. The highest BCUT2D eigenvalue weighted by molar-refractivity contribution is 5.62. The summed E-state index contributed by atoms with van der Waals surface area (Å²) in [5.41, 5.74) is 0. The summed E-state index contributed by atoms with van der Waals surface area (Å²) in [4.78, 5) is 11.1. The van der Waals surface area contributed by atoms with E-state index in [-0.39, 0.29) is 0 Å². The maximum Gasteiger partial charge on any atom is 0.300 e. The molecule has 0 bridgehead atoms. The normalized spacial score (nSPS) is 11.8. The number of carboxylic acids is 1. The molecule has 0 aromatic carbocycles. The third-order valence-electron chi connectivity index (χ3n) is 1.44. The molecular formula is C9H21NO3. The van der Waals surface area contributed by atoms with Gasteiger partial charge in [0.05, 0.1) is 6.61 Å². The van der Waals surface area contributed by atoms with Crippen molar-refractivity contribution >= 4 is 5.97 Å². The second-order valence-corrected chi connectivity index (χ2v) is 2.99. The molecule has 13 heavy (non-hydrogen) atoms. The number of carbonyl (C=O) groups is 1. The van der Waals surface area contributed by atoms with Crippen molar-refractivity contribution in [3.63, 3.8) is 0 Å². The molecule has 0 saturated heterocycles. The highest BCUT2D eigenvalue weighted by Gasteiger charge is 2.01. The highest BCUT2D eigenvalue weighted by atomic mass is 16.5. The van der Waals surface area contributed by atoms with Crippen molar-refractivity contribution in [2.24, 2.45) is 0 Å². The zero-order chi connectivity index (χ0) is 10.9. The Bertz CT molecular complexity index is 122. The van der Waals surface area contributed by atoms with Crippen molar-refractivity contribution in [3.8, 4) is 0 Å². The Balaban J connectivity index is 0. The molecule has 1 unspecified atom stereocenters. The quantitative estimate of drug-likeness (QED) is 0.722. The fraction of sp³-hybridized carbons (Fsp3) is 0.889. The second kappa shape index (κ2) is 9.48. The highest BCUT2D eigenvalue weighted by Crippen LogP contribution is 1.90. The van der Waals surface area contributed by atoms with Gasteiger partial charge in [-0.05, 0) is 27.9 Å². The van der Waals surface area contributed by atoms with Crippen molar-refractivity contribution in [2.75, 3.05) is 27.3 Å². The van der Waals surface area contributed by atoms with Crippen LogP contribution < -0.4 is 0 Å². The predicted molar refractivity (Wildman–Crippen MR) is 53.0 cm³/mol. The van der Waals surface area contributed by atoms with Gasteiger partial charge in [-0.25, -0.2) is 0 Å². The Hall–Kier alpha value is -0.610. The van der Waals surface area contributed by atoms with Crippen LogP contribution in [0.3, 0.4) is 0 Å². The summed E-state index contributed by atoms with van der Waals surface area (Å²) in [7, 11) is 4.12. The summed E-state index contributed by atoms with van der Waals surface area (Å²) in [5, 5.41) is 7.42. The van der Waals surface area contributed by atoms with Gasteiger partial charge >= 0.3 is 0 Å². The average molecular weight is 191 g/mol. The van der Waals surface area contributed by atoms with E-state index in [1.165, 1.54) is 0 Å². The Labute approximate surface area is 80.5 Å². The molecule has 80 valence electrons. The Morgan fingerprint density at radius 1 is 1.54 bits per heavy atom. The molecule has 0 rings (SSSR count). The number of hydrogen-bond donors (Lipinski definition) is 1. The maximum atomic E-state index is 9.00. The predicted octanol–water partition coefficient (Wildman–Crippen LogP) is 1.06. The van der Waals surface area contributed by atoms with E-state index in [1.54, 1.807) is 0 Å². The smallest absolute Gasteiger partial charge is 0.300 e. The lowest BCUT2D eigenvalue weighted by Crippen LogP contribution is -2.29. The first-order chi connectivity index (χ1) is 5.91. The molecule has 0 aliphatic carbocycles. The first kappa shape index (κ1) is 14.9. The molecule has 1 N–H and O–H groups in total. The summed E-state index contributed by atoms with van der Waals surface area (Å²) in [5.74, 6) is -0.833. The van der Waals surface area contributed by atoms with E-state index in [2.05, 4.69) is 25.9 Å². The Morgan fingerprint density at radius 2 is 1.92 bits per heavy atom. The van der Waals surface area contributed by atoms with Gasteiger partial charge < -0.3 is 14.7 Å². The van der Waals surface area contributed by atoms with Crippen LogP contribution in [0.15, 0.2) is 0 Å². The number of carboxylic acid groups (broad SMARTS) is 1. The van der Waals surface area contributed by atoms with E-state index in [1.807, 2.05) is 6.92 Å². The Kier molecular flexibility index (Phi) is 10.9. The van der Waals surface area contributed by atoms with Gasteiger partial charge in [0.25, 0.3) is 5.97 Å². The van der Waals surface area contributed by atoms with Crippen LogP contribution in [0.5, 0.6) is 0 Å². The number of ether oxygens (including phenoxy) is 1. The van der Waals surface area contributed by atoms with Gasteiger partial charge in [0, 0.05) is 19.6 Å². The minimum absolute atomic E-state index is 0.532. The third-order valence-corrected chi connectivity index (χ3v) is 1.44. The molecule has 1 atom stereocenters. The number of rotatable bonds is 4. The van der Waals surface area contributed by atoms with E-state index in [4.69, 9.17) is 14.6 Å². The van der Waals surface area contributed by atoms with Crippen LogP contribution in [0.25, 0.3) is 0 Å². The minimum Gasteiger partial charge on any atom is -0.481 e. The van der Waals surface area contributed by atoms with Gasteiger partial charge in [-0.15, -0.1) is 0 Å². The topological polar surface area (TPSA) is 49.8 Å². The second-order valence-electron chi connectivity index (χ2n) is 2.99. The van der Waals surface area contributed by atoms with Crippen molar-refractivity contribution in [2.45, 2.75) is 26.8 Å². The zero-order valence-electron chi connectivity index (χ0n) is 9.20. The van der Waals surface area contributed by atoms with E-state index < -0.39 is 5.97 Å². The molecular weight excluding hydrogens is 170 g/mol.